The van der Waals surface area contributed by atoms with E-state index in [-0.39, 0.29) is 5.56 Å². The van der Waals surface area contributed by atoms with Crippen molar-refractivity contribution in [3.63, 3.8) is 0 Å². The van der Waals surface area contributed by atoms with Gasteiger partial charge in [0.1, 0.15) is 0 Å². The molecule has 3 aromatic carbocycles. The van der Waals surface area contributed by atoms with Crippen LogP contribution < -0.4 is 0 Å². The molecule has 0 N–H and O–H groups in total. The molecule has 4 rings (SSSR count). The van der Waals surface area contributed by atoms with Crippen LogP contribution in [0.4, 0.5) is 13.2 Å². The summed E-state index contributed by atoms with van der Waals surface area (Å²) in [6.45, 7) is 2.20. The van der Waals surface area contributed by atoms with Crippen LogP contribution in [0.5, 0.6) is 0 Å². The van der Waals surface area contributed by atoms with Gasteiger partial charge in [0.25, 0.3) is 0 Å². The van der Waals surface area contributed by atoms with Gasteiger partial charge in [-0.1, -0.05) is 55.5 Å². The largest absolute Gasteiger partial charge is 0.204 e. The summed E-state index contributed by atoms with van der Waals surface area (Å²) in [5.74, 6) is 2.28. The molecule has 30 heavy (non-hydrogen) atoms. The minimum atomic E-state index is -1.47. The highest BCUT2D eigenvalue weighted by atomic mass is 19.2. The standard InChI is InChI=1S/C27H23F3/c1-2-3-18-6-9-21(10-7-18)23-13-12-22-14-19(8-11-24(22)17-23)4-5-20-15-25(28)27(30)26(29)16-20/h6-11,14-16,23H,2-3,12-13,17H2,1H3. The Morgan fingerprint density at radius 2 is 1.53 bits per heavy atom. The molecule has 1 unspecified atom stereocenters. The first-order valence-corrected chi connectivity index (χ1v) is 10.4. The Bertz CT molecular complexity index is 1090. The quantitative estimate of drug-likeness (QED) is 0.335. The van der Waals surface area contributed by atoms with Gasteiger partial charge in [-0.05, 0) is 78.1 Å². The van der Waals surface area contributed by atoms with E-state index in [1.165, 1.54) is 22.3 Å². The smallest absolute Gasteiger partial charge is 0.194 e. The van der Waals surface area contributed by atoms with Gasteiger partial charge in [0.2, 0.25) is 0 Å². The Morgan fingerprint density at radius 3 is 2.23 bits per heavy atom. The van der Waals surface area contributed by atoms with Gasteiger partial charge < -0.3 is 0 Å². The molecule has 0 spiro atoms. The molecule has 0 bridgehead atoms. The predicted molar refractivity (Wildman–Crippen MR) is 114 cm³/mol. The van der Waals surface area contributed by atoms with Gasteiger partial charge in [0.15, 0.2) is 17.5 Å². The first-order chi connectivity index (χ1) is 14.5. The Kier molecular flexibility index (Phi) is 5.95. The summed E-state index contributed by atoms with van der Waals surface area (Å²) in [5, 5.41) is 0. The van der Waals surface area contributed by atoms with Crippen molar-refractivity contribution in [2.75, 3.05) is 0 Å². The van der Waals surface area contributed by atoms with Crippen molar-refractivity contribution in [2.24, 2.45) is 0 Å². The number of hydrogen-bond acceptors (Lipinski definition) is 0. The minimum Gasteiger partial charge on any atom is -0.204 e. The molecule has 0 radical (unpaired) electrons. The Morgan fingerprint density at radius 1 is 0.833 bits per heavy atom. The molecular formula is C27H23F3. The molecule has 0 nitrogen and oxygen atoms in total. The molecule has 1 atom stereocenters. The molecule has 0 amide bonds. The SMILES string of the molecule is CCCc1ccc(C2CCc3cc(C#Cc4cc(F)c(F)c(F)c4)ccc3C2)cc1. The van der Waals surface area contributed by atoms with Crippen LogP contribution in [0, 0.1) is 29.3 Å². The van der Waals surface area contributed by atoms with Gasteiger partial charge in [-0.25, -0.2) is 13.2 Å². The third-order valence-corrected chi connectivity index (χ3v) is 5.76. The van der Waals surface area contributed by atoms with E-state index >= 15 is 0 Å². The topological polar surface area (TPSA) is 0 Å². The second-order valence-electron chi connectivity index (χ2n) is 7.92. The van der Waals surface area contributed by atoms with E-state index < -0.39 is 17.5 Å². The molecule has 0 aliphatic heterocycles. The molecule has 1 aliphatic carbocycles. The van der Waals surface area contributed by atoms with E-state index in [1.807, 2.05) is 6.07 Å². The summed E-state index contributed by atoms with van der Waals surface area (Å²) >= 11 is 0. The van der Waals surface area contributed by atoms with Crippen LogP contribution in [0.25, 0.3) is 0 Å². The van der Waals surface area contributed by atoms with Gasteiger partial charge in [0, 0.05) is 11.1 Å². The number of halogens is 3. The van der Waals surface area contributed by atoms with Crippen LogP contribution in [-0.2, 0) is 19.3 Å². The van der Waals surface area contributed by atoms with Gasteiger partial charge >= 0.3 is 0 Å². The van der Waals surface area contributed by atoms with E-state index in [1.54, 1.807) is 0 Å². The summed E-state index contributed by atoms with van der Waals surface area (Å²) < 4.78 is 39.8. The number of hydrogen-bond donors (Lipinski definition) is 0. The maximum atomic E-state index is 13.3. The number of fused-ring (bicyclic) bond motifs is 1. The second-order valence-corrected chi connectivity index (χ2v) is 7.92. The van der Waals surface area contributed by atoms with E-state index in [0.717, 1.165) is 49.8 Å². The lowest BCUT2D eigenvalue weighted by Crippen LogP contribution is -2.13. The van der Waals surface area contributed by atoms with Gasteiger partial charge in [-0.3, -0.25) is 0 Å². The van der Waals surface area contributed by atoms with Crippen LogP contribution in [-0.4, -0.2) is 0 Å². The molecule has 1 aliphatic rings. The van der Waals surface area contributed by atoms with Crippen molar-refractivity contribution in [3.8, 4) is 11.8 Å². The van der Waals surface area contributed by atoms with Crippen molar-refractivity contribution in [3.05, 3.63) is 105 Å². The van der Waals surface area contributed by atoms with Gasteiger partial charge in [-0.15, -0.1) is 0 Å². The van der Waals surface area contributed by atoms with E-state index in [9.17, 15) is 13.2 Å². The van der Waals surface area contributed by atoms with E-state index in [4.69, 9.17) is 0 Å². The molecule has 152 valence electrons. The average molecular weight is 404 g/mol. The Balaban J connectivity index is 1.50. The lowest BCUT2D eigenvalue weighted by molar-refractivity contribution is 0.446. The fraction of sp³-hybridized carbons (Fsp3) is 0.259. The second kappa shape index (κ2) is 8.79. The first-order valence-electron chi connectivity index (χ1n) is 10.4. The zero-order valence-corrected chi connectivity index (χ0v) is 16.9. The van der Waals surface area contributed by atoms with Crippen LogP contribution in [0.15, 0.2) is 54.6 Å². The lowest BCUT2D eigenvalue weighted by Gasteiger charge is -2.25. The summed E-state index contributed by atoms with van der Waals surface area (Å²) in [5.41, 5.74) is 6.30. The van der Waals surface area contributed by atoms with Crippen molar-refractivity contribution in [1.29, 1.82) is 0 Å². The summed E-state index contributed by atoms with van der Waals surface area (Å²) in [4.78, 5) is 0. The minimum absolute atomic E-state index is 0.121. The summed E-state index contributed by atoms with van der Waals surface area (Å²) in [7, 11) is 0. The van der Waals surface area contributed by atoms with E-state index in [2.05, 4.69) is 55.2 Å². The molecular weight excluding hydrogens is 381 g/mol. The van der Waals surface area contributed by atoms with Crippen LogP contribution >= 0.6 is 0 Å². The van der Waals surface area contributed by atoms with Gasteiger partial charge in [-0.2, -0.15) is 0 Å². The predicted octanol–water partition coefficient (Wildman–Crippen LogP) is 6.73. The monoisotopic (exact) mass is 404 g/mol. The zero-order chi connectivity index (χ0) is 21.1. The number of aryl methyl sites for hydroxylation is 2. The van der Waals surface area contributed by atoms with Gasteiger partial charge in [0.05, 0.1) is 0 Å². The highest BCUT2D eigenvalue weighted by Crippen LogP contribution is 2.33. The molecule has 0 fully saturated rings. The zero-order valence-electron chi connectivity index (χ0n) is 16.9. The van der Waals surface area contributed by atoms with Crippen molar-refractivity contribution >= 4 is 0 Å². The summed E-state index contributed by atoms with van der Waals surface area (Å²) in [6.07, 6.45) is 5.35. The number of rotatable bonds is 3. The maximum Gasteiger partial charge on any atom is 0.194 e. The van der Waals surface area contributed by atoms with Crippen LogP contribution in [0.3, 0.4) is 0 Å². The normalized spacial score (nSPS) is 15.3. The first kappa shape index (κ1) is 20.3. The molecule has 0 saturated carbocycles. The fourth-order valence-corrected chi connectivity index (χ4v) is 4.13. The average Bonchev–Trinajstić information content (AvgIpc) is 2.76. The van der Waals surface area contributed by atoms with Crippen molar-refractivity contribution < 1.29 is 13.2 Å². The van der Waals surface area contributed by atoms with Crippen LogP contribution in [0.2, 0.25) is 0 Å². The van der Waals surface area contributed by atoms with Crippen molar-refractivity contribution in [2.45, 2.75) is 44.9 Å². The Labute approximate surface area is 175 Å². The van der Waals surface area contributed by atoms with E-state index in [0.29, 0.717) is 5.92 Å². The molecule has 3 aromatic rings. The Hall–Kier alpha value is -2.99. The van der Waals surface area contributed by atoms with Crippen molar-refractivity contribution in [1.82, 2.24) is 0 Å². The lowest BCUT2D eigenvalue weighted by atomic mass is 9.79. The third-order valence-electron chi connectivity index (χ3n) is 5.76. The highest BCUT2D eigenvalue weighted by Gasteiger charge is 2.20. The number of benzene rings is 3. The molecule has 3 heteroatoms. The molecule has 0 aromatic heterocycles. The molecule has 0 heterocycles. The maximum absolute atomic E-state index is 13.3. The van der Waals surface area contributed by atoms with Crippen LogP contribution in [0.1, 0.15) is 59.1 Å². The fourth-order valence-electron chi connectivity index (χ4n) is 4.13. The highest BCUT2D eigenvalue weighted by molar-refractivity contribution is 5.47. The third kappa shape index (κ3) is 4.44. The molecule has 0 saturated heterocycles. The summed E-state index contributed by atoms with van der Waals surface area (Å²) in [6, 6.07) is 16.9.